The molecule has 3 nitrogen and oxygen atoms in total. The number of ether oxygens (including phenoxy) is 1. The van der Waals surface area contributed by atoms with Gasteiger partial charge in [-0.15, -0.1) is 0 Å². The number of hydrogen-bond acceptors (Lipinski definition) is 2. The summed E-state index contributed by atoms with van der Waals surface area (Å²) < 4.78 is 7.54. The molecule has 1 aromatic heterocycles. The molecule has 3 aromatic rings. The van der Waals surface area contributed by atoms with Gasteiger partial charge in [-0.05, 0) is 17.7 Å². The van der Waals surface area contributed by atoms with Crippen LogP contribution in [0.15, 0.2) is 42.5 Å². The molecule has 0 N–H and O–H groups in total. The fourth-order valence-corrected chi connectivity index (χ4v) is 2.64. The molecule has 4 rings (SSSR count). The number of methoxy groups -OCH3 is 1. The van der Waals surface area contributed by atoms with Gasteiger partial charge in [0.2, 0.25) is 0 Å². The van der Waals surface area contributed by atoms with Crippen molar-refractivity contribution < 1.29 is 4.74 Å². The Morgan fingerprint density at radius 2 is 2.06 bits per heavy atom. The van der Waals surface area contributed by atoms with E-state index in [1.54, 1.807) is 7.11 Å². The van der Waals surface area contributed by atoms with Crippen LogP contribution in [0.25, 0.3) is 22.4 Å². The summed E-state index contributed by atoms with van der Waals surface area (Å²) >= 11 is 0. The van der Waals surface area contributed by atoms with Crippen molar-refractivity contribution in [2.75, 3.05) is 7.11 Å². The zero-order valence-corrected chi connectivity index (χ0v) is 10.1. The van der Waals surface area contributed by atoms with Gasteiger partial charge in [-0.25, -0.2) is 4.98 Å². The van der Waals surface area contributed by atoms with Crippen molar-refractivity contribution in [3.05, 3.63) is 48.0 Å². The zero-order valence-electron chi connectivity index (χ0n) is 10.1. The lowest BCUT2D eigenvalue weighted by atomic mass is 10.1. The Hall–Kier alpha value is -2.29. The summed E-state index contributed by atoms with van der Waals surface area (Å²) in [5.74, 6) is 1.94. The Labute approximate surface area is 105 Å². The first kappa shape index (κ1) is 9.71. The number of hydrogen-bond donors (Lipinski definition) is 0. The van der Waals surface area contributed by atoms with Crippen LogP contribution in [0.5, 0.6) is 5.75 Å². The average molecular weight is 236 g/mol. The molecule has 0 amide bonds. The molecule has 1 aliphatic rings. The van der Waals surface area contributed by atoms with Crippen LogP contribution in [-0.4, -0.2) is 16.7 Å². The number of fused-ring (bicyclic) bond motifs is 5. The predicted molar refractivity (Wildman–Crippen MR) is 70.8 cm³/mol. The number of nitrogens with zero attached hydrogens (tertiary/aromatic N) is 2. The molecule has 0 spiro atoms. The molecule has 0 unspecified atom stereocenters. The Morgan fingerprint density at radius 1 is 1.17 bits per heavy atom. The van der Waals surface area contributed by atoms with Gasteiger partial charge in [-0.1, -0.05) is 24.3 Å². The van der Waals surface area contributed by atoms with Gasteiger partial charge in [0, 0.05) is 11.6 Å². The molecule has 88 valence electrons. The third kappa shape index (κ3) is 1.16. The third-order valence-corrected chi connectivity index (χ3v) is 3.54. The summed E-state index contributed by atoms with van der Waals surface area (Å²) in [7, 11) is 1.69. The Morgan fingerprint density at radius 3 is 2.94 bits per heavy atom. The highest BCUT2D eigenvalue weighted by molar-refractivity contribution is 5.84. The largest absolute Gasteiger partial charge is 0.497 e. The van der Waals surface area contributed by atoms with E-state index in [0.29, 0.717) is 0 Å². The lowest BCUT2D eigenvalue weighted by Gasteiger charge is -2.02. The van der Waals surface area contributed by atoms with Crippen LogP contribution in [0.4, 0.5) is 0 Å². The minimum Gasteiger partial charge on any atom is -0.497 e. The predicted octanol–water partition coefficient (Wildman–Crippen LogP) is 3.07. The summed E-state index contributed by atoms with van der Waals surface area (Å²) in [6.07, 6.45) is 0. The SMILES string of the molecule is COc1ccc2nc3n(c2c1)Cc1ccccc1-3. The maximum absolute atomic E-state index is 5.29. The van der Waals surface area contributed by atoms with Gasteiger partial charge in [-0.2, -0.15) is 0 Å². The van der Waals surface area contributed by atoms with E-state index in [9.17, 15) is 0 Å². The number of rotatable bonds is 1. The lowest BCUT2D eigenvalue weighted by Crippen LogP contribution is -1.92. The fourth-order valence-electron chi connectivity index (χ4n) is 2.64. The van der Waals surface area contributed by atoms with Crippen molar-refractivity contribution in [2.45, 2.75) is 6.54 Å². The highest BCUT2D eigenvalue weighted by Gasteiger charge is 2.21. The molecule has 0 bridgehead atoms. The smallest absolute Gasteiger partial charge is 0.141 e. The van der Waals surface area contributed by atoms with E-state index in [4.69, 9.17) is 9.72 Å². The molecule has 0 saturated heterocycles. The Balaban J connectivity index is 2.02. The van der Waals surface area contributed by atoms with Crippen LogP contribution in [0.1, 0.15) is 5.56 Å². The Kier molecular flexibility index (Phi) is 1.81. The topological polar surface area (TPSA) is 27.1 Å². The summed E-state index contributed by atoms with van der Waals surface area (Å²) in [5.41, 5.74) is 4.75. The molecular formula is C15H12N2O. The Bertz CT molecular complexity index is 758. The molecule has 0 atom stereocenters. The second-order valence-corrected chi connectivity index (χ2v) is 4.53. The third-order valence-electron chi connectivity index (χ3n) is 3.54. The monoisotopic (exact) mass is 236 g/mol. The van der Waals surface area contributed by atoms with E-state index in [0.717, 1.165) is 29.2 Å². The molecule has 2 aromatic carbocycles. The number of aromatic nitrogens is 2. The van der Waals surface area contributed by atoms with Crippen LogP contribution in [0, 0.1) is 0 Å². The highest BCUT2D eigenvalue weighted by atomic mass is 16.5. The molecule has 0 fully saturated rings. The van der Waals surface area contributed by atoms with Gasteiger partial charge >= 0.3 is 0 Å². The molecule has 0 saturated carbocycles. The molecule has 3 heteroatoms. The van der Waals surface area contributed by atoms with Crippen molar-refractivity contribution in [1.29, 1.82) is 0 Å². The van der Waals surface area contributed by atoms with E-state index < -0.39 is 0 Å². The van der Waals surface area contributed by atoms with E-state index in [1.807, 2.05) is 12.1 Å². The molecule has 1 aliphatic heterocycles. The van der Waals surface area contributed by atoms with Gasteiger partial charge in [0.05, 0.1) is 24.7 Å². The van der Waals surface area contributed by atoms with Gasteiger partial charge in [0.15, 0.2) is 0 Å². The van der Waals surface area contributed by atoms with Gasteiger partial charge in [-0.3, -0.25) is 0 Å². The first-order valence-electron chi connectivity index (χ1n) is 5.99. The molecule has 18 heavy (non-hydrogen) atoms. The summed E-state index contributed by atoms with van der Waals surface area (Å²) in [6.45, 7) is 0.898. The fraction of sp³-hybridized carbons (Fsp3) is 0.133. The number of benzene rings is 2. The molecular weight excluding hydrogens is 224 g/mol. The average Bonchev–Trinajstić information content (AvgIpc) is 2.94. The quantitative estimate of drug-likeness (QED) is 0.508. The van der Waals surface area contributed by atoms with Crippen LogP contribution in [0.3, 0.4) is 0 Å². The van der Waals surface area contributed by atoms with E-state index in [2.05, 4.69) is 34.9 Å². The van der Waals surface area contributed by atoms with Crippen molar-refractivity contribution in [3.63, 3.8) is 0 Å². The van der Waals surface area contributed by atoms with Crippen molar-refractivity contribution in [3.8, 4) is 17.1 Å². The van der Waals surface area contributed by atoms with Crippen LogP contribution in [-0.2, 0) is 6.54 Å². The summed E-state index contributed by atoms with van der Waals surface area (Å²) in [6, 6.07) is 14.5. The van der Waals surface area contributed by atoms with Crippen molar-refractivity contribution >= 4 is 11.0 Å². The summed E-state index contributed by atoms with van der Waals surface area (Å²) in [5, 5.41) is 0. The maximum Gasteiger partial charge on any atom is 0.141 e. The van der Waals surface area contributed by atoms with Gasteiger partial charge < -0.3 is 9.30 Å². The van der Waals surface area contributed by atoms with Gasteiger partial charge in [0.1, 0.15) is 11.6 Å². The molecule has 2 heterocycles. The van der Waals surface area contributed by atoms with E-state index in [1.165, 1.54) is 11.1 Å². The van der Waals surface area contributed by atoms with Crippen molar-refractivity contribution in [2.24, 2.45) is 0 Å². The van der Waals surface area contributed by atoms with Crippen LogP contribution >= 0.6 is 0 Å². The standard InChI is InChI=1S/C15H12N2O/c1-18-11-6-7-13-14(8-11)17-9-10-4-2-3-5-12(10)15(17)16-13/h2-8H,9H2,1H3. The van der Waals surface area contributed by atoms with E-state index in [-0.39, 0.29) is 0 Å². The lowest BCUT2D eigenvalue weighted by molar-refractivity contribution is 0.415. The molecule has 0 radical (unpaired) electrons. The van der Waals surface area contributed by atoms with Gasteiger partial charge in [0.25, 0.3) is 0 Å². The zero-order chi connectivity index (χ0) is 12.1. The minimum absolute atomic E-state index is 0.876. The minimum atomic E-state index is 0.876. The highest BCUT2D eigenvalue weighted by Crippen LogP contribution is 2.35. The first-order chi connectivity index (χ1) is 8.86. The summed E-state index contributed by atoms with van der Waals surface area (Å²) in [4.78, 5) is 4.72. The van der Waals surface area contributed by atoms with Crippen molar-refractivity contribution in [1.82, 2.24) is 9.55 Å². The van der Waals surface area contributed by atoms with Crippen LogP contribution < -0.4 is 4.74 Å². The number of imidazole rings is 1. The first-order valence-corrected chi connectivity index (χ1v) is 5.99. The van der Waals surface area contributed by atoms with E-state index >= 15 is 0 Å². The van der Waals surface area contributed by atoms with Crippen LogP contribution in [0.2, 0.25) is 0 Å². The maximum atomic E-state index is 5.29. The normalized spacial score (nSPS) is 12.5. The second-order valence-electron chi connectivity index (χ2n) is 4.53. The second kappa shape index (κ2) is 3.35. The molecule has 0 aliphatic carbocycles.